The number of nitrogens with one attached hydrogen (secondary N) is 1. The summed E-state index contributed by atoms with van der Waals surface area (Å²) < 4.78 is 32.1. The maximum Gasteiger partial charge on any atom is 0.327 e. The maximum absolute atomic E-state index is 16.1. The van der Waals surface area contributed by atoms with E-state index in [1.54, 1.807) is 32.9 Å². The Morgan fingerprint density at radius 3 is 2.34 bits per heavy atom. The third-order valence-electron chi connectivity index (χ3n) is 17.8. The fourth-order valence-electron chi connectivity index (χ4n) is 14.0. The van der Waals surface area contributed by atoms with E-state index in [4.69, 9.17) is 28.5 Å². The van der Waals surface area contributed by atoms with E-state index in [9.17, 15) is 19.5 Å². The smallest absolute Gasteiger partial charge is 0.327 e. The number of aliphatic hydroxyl groups is 1. The first kappa shape index (κ1) is 50.2. The van der Waals surface area contributed by atoms with E-state index in [0.717, 1.165) is 59.9 Å². The van der Waals surface area contributed by atoms with Crippen molar-refractivity contribution in [2.75, 3.05) is 13.7 Å². The molecular weight excluding hydrogens is 927 g/mol. The molecule has 390 valence electrons. The normalized spacial score (nSPS) is 33.6. The molecule has 4 aliphatic carbocycles. The zero-order chi connectivity index (χ0) is 51.2. The Balaban J connectivity index is 0.912. The Morgan fingerprint density at radius 2 is 1.63 bits per heavy atom. The van der Waals surface area contributed by atoms with Crippen molar-refractivity contribution in [3.63, 3.8) is 0 Å². The summed E-state index contributed by atoms with van der Waals surface area (Å²) in [6.07, 6.45) is 6.05. The number of hydroxylamine groups is 2. The highest BCUT2D eigenvalue weighted by Crippen LogP contribution is 2.61. The van der Waals surface area contributed by atoms with E-state index in [1.807, 2.05) is 54.6 Å². The number of likely N-dealkylation sites (N-methyl/N-ethyl adjacent to an activating group) is 1. The van der Waals surface area contributed by atoms with Crippen LogP contribution < -0.4 is 5.32 Å². The molecule has 2 amide bonds. The van der Waals surface area contributed by atoms with Crippen LogP contribution in [0.15, 0.2) is 84.4 Å². The zero-order valence-electron chi connectivity index (χ0n) is 43.5. The quantitative estimate of drug-likeness (QED) is 0.131. The lowest BCUT2D eigenvalue weighted by Crippen LogP contribution is -2.70. The fourth-order valence-corrected chi connectivity index (χ4v) is 14.0. The molecule has 0 radical (unpaired) electrons. The summed E-state index contributed by atoms with van der Waals surface area (Å²) in [6.45, 7) is 12.2. The van der Waals surface area contributed by atoms with Gasteiger partial charge in [-0.15, -0.1) is 0 Å². The molecule has 8 aliphatic rings. The number of benzene rings is 3. The third kappa shape index (κ3) is 9.36. The number of allylic oxidation sites excluding steroid dienone is 1. The molecule has 2 N–H and O–H groups in total. The van der Waals surface area contributed by atoms with Crippen LogP contribution in [0, 0.1) is 22.7 Å². The minimum atomic E-state index is -1.55. The molecule has 4 saturated heterocycles. The van der Waals surface area contributed by atoms with Crippen LogP contribution in [0.4, 0.5) is 0 Å². The molecule has 7 fully saturated rings. The Labute approximate surface area is 429 Å². The number of esters is 2. The van der Waals surface area contributed by atoms with E-state index < -0.39 is 89.7 Å². The van der Waals surface area contributed by atoms with Crippen LogP contribution in [0.2, 0.25) is 0 Å². The number of ether oxygens (including phenoxy) is 5. The second kappa shape index (κ2) is 18.7. The summed E-state index contributed by atoms with van der Waals surface area (Å²) in [4.78, 5) is 66.9. The highest BCUT2D eigenvalue weighted by Gasteiger charge is 2.77. The van der Waals surface area contributed by atoms with Gasteiger partial charge < -0.3 is 39.0 Å². The van der Waals surface area contributed by atoms with Crippen molar-refractivity contribution in [3.8, 4) is 0 Å². The number of carbonyl (C=O) groups excluding carboxylic acids is 4. The largest absolute Gasteiger partial charge is 0.460 e. The van der Waals surface area contributed by atoms with Crippen LogP contribution in [0.5, 0.6) is 0 Å². The summed E-state index contributed by atoms with van der Waals surface area (Å²) in [7, 11) is 1.60. The molecule has 1 spiro atoms. The second-order valence-electron chi connectivity index (χ2n) is 24.4. The molecule has 1 unspecified atom stereocenters. The van der Waals surface area contributed by atoms with Gasteiger partial charge in [0.25, 0.3) is 0 Å². The van der Waals surface area contributed by atoms with Crippen molar-refractivity contribution in [1.29, 1.82) is 0 Å². The van der Waals surface area contributed by atoms with Gasteiger partial charge in [-0.05, 0) is 111 Å². The van der Waals surface area contributed by atoms with Crippen LogP contribution >= 0.6 is 0 Å². The fraction of sp³-hybridized carbons (Fsp3) is 0.593. The number of aliphatic hydroxyl groups excluding tert-OH is 1. The Kier molecular flexibility index (Phi) is 12.9. The van der Waals surface area contributed by atoms with Crippen LogP contribution in [0.3, 0.4) is 0 Å². The molecule has 3 aromatic rings. The van der Waals surface area contributed by atoms with E-state index in [1.165, 1.54) is 10.5 Å². The van der Waals surface area contributed by atoms with Gasteiger partial charge in [-0.25, -0.2) is 0 Å². The van der Waals surface area contributed by atoms with Gasteiger partial charge >= 0.3 is 11.9 Å². The van der Waals surface area contributed by atoms with Crippen LogP contribution in [0.1, 0.15) is 121 Å². The van der Waals surface area contributed by atoms with Crippen molar-refractivity contribution in [2.45, 2.75) is 184 Å². The minimum Gasteiger partial charge on any atom is -0.460 e. The van der Waals surface area contributed by atoms with Crippen LogP contribution in [0.25, 0.3) is 6.08 Å². The summed E-state index contributed by atoms with van der Waals surface area (Å²) in [5, 5.41) is 15.1. The molecule has 14 nitrogen and oxygen atoms in total. The molecule has 3 saturated carbocycles. The first-order valence-electron chi connectivity index (χ1n) is 26.7. The lowest BCUT2D eigenvalue weighted by Gasteiger charge is -2.53. The Hall–Kier alpha value is -4.96. The summed E-state index contributed by atoms with van der Waals surface area (Å²) >= 11 is 0. The molecule has 12 atom stereocenters. The first-order valence-corrected chi connectivity index (χ1v) is 26.7. The summed E-state index contributed by atoms with van der Waals surface area (Å²) in [5.41, 5.74) is 4.49. The van der Waals surface area contributed by atoms with Gasteiger partial charge in [-0.1, -0.05) is 104 Å². The van der Waals surface area contributed by atoms with Gasteiger partial charge in [0.15, 0.2) is 11.8 Å². The molecule has 0 aromatic heterocycles. The number of hydrogen-bond donors (Lipinski definition) is 2. The van der Waals surface area contributed by atoms with Crippen molar-refractivity contribution in [3.05, 3.63) is 112 Å². The number of epoxide rings is 1. The Morgan fingerprint density at radius 1 is 0.918 bits per heavy atom. The standard InChI is InChI=1S/C59H73N3O11/c1-55(2,3)70-47(64)23-21-41(34-63)60-52(65)44(28-35-14-9-8-10-15-35)61(7)54(67)59-32-45-48-49(72-58(71-48)29-39-18-11-12-19-40(39)30-58)51(59)73-62(50(59)53(66)68-45)33-37-17-13-16-36(26-37)27-38-20-22-46-57(6,69-46)25-24-43-42(38)31-56(43,4)5/h8-19,26-27,41-46,48-51,63H,20-25,28-34H2,1-7H3,(H,60,65)/t41-,42+,43+,44+,45+,46?,48-,49-,50-,51+,57+,59-/m0/s1. The SMILES string of the molecule is CN(C(=O)[C@@]12C[C@H]3OC(=O)[C@@H]1N(Cc1cccc(C=C4CCC5O[C@]5(C)CC[C@@H]5[C@@H]4CC5(C)C)c1)O[C@@H]2[C@H]1OC2(Cc4ccccc4C2)O[C@H]13)[C@H](Cc1ccccc1)C(=O)N[C@H](CO)CCC(=O)OC(C)(C)C. The van der Waals surface area contributed by atoms with E-state index in [2.05, 4.69) is 56.4 Å². The zero-order valence-corrected chi connectivity index (χ0v) is 43.5. The molecule has 14 heteroatoms. The van der Waals surface area contributed by atoms with E-state index >= 15 is 4.79 Å². The number of rotatable bonds is 13. The number of hydrogen-bond acceptors (Lipinski definition) is 12. The second-order valence-corrected chi connectivity index (χ2v) is 24.4. The molecule has 73 heavy (non-hydrogen) atoms. The maximum atomic E-state index is 16.1. The molecule has 4 aliphatic heterocycles. The average molecular weight is 1000 g/mol. The van der Waals surface area contributed by atoms with Crippen molar-refractivity contribution >= 4 is 29.8 Å². The van der Waals surface area contributed by atoms with Gasteiger partial charge in [0.1, 0.15) is 41.5 Å². The highest BCUT2D eigenvalue weighted by atomic mass is 16.8. The molecule has 4 heterocycles. The van der Waals surface area contributed by atoms with Gasteiger partial charge in [0, 0.05) is 39.2 Å². The monoisotopic (exact) mass is 1000 g/mol. The minimum absolute atomic E-state index is 0.00660. The van der Waals surface area contributed by atoms with E-state index in [0.29, 0.717) is 30.8 Å². The molecule has 11 rings (SSSR count). The molecule has 2 bridgehead atoms. The lowest BCUT2D eigenvalue weighted by molar-refractivity contribution is -0.218. The first-order chi connectivity index (χ1) is 34.8. The highest BCUT2D eigenvalue weighted by molar-refractivity contribution is 5.96. The third-order valence-corrected chi connectivity index (χ3v) is 17.8. The summed E-state index contributed by atoms with van der Waals surface area (Å²) in [5.74, 6) is -1.95. The van der Waals surface area contributed by atoms with Crippen molar-refractivity contribution in [2.24, 2.45) is 22.7 Å². The van der Waals surface area contributed by atoms with Crippen LogP contribution in [-0.2, 0) is 73.5 Å². The predicted octanol–water partition coefficient (Wildman–Crippen LogP) is 7.21. The van der Waals surface area contributed by atoms with Crippen molar-refractivity contribution < 1.29 is 52.8 Å². The van der Waals surface area contributed by atoms with Gasteiger partial charge in [-0.2, -0.15) is 5.06 Å². The van der Waals surface area contributed by atoms with Crippen molar-refractivity contribution in [1.82, 2.24) is 15.3 Å². The number of amides is 2. The molecule has 3 aromatic carbocycles. The molecular formula is C59H73N3O11. The van der Waals surface area contributed by atoms with Gasteiger partial charge in [0.2, 0.25) is 11.8 Å². The van der Waals surface area contributed by atoms with E-state index in [-0.39, 0.29) is 43.2 Å². The Bertz CT molecular complexity index is 2640. The topological polar surface area (TPSA) is 166 Å². The number of nitrogens with zero attached hydrogens (tertiary/aromatic N) is 2. The predicted molar refractivity (Wildman–Crippen MR) is 270 cm³/mol. The lowest BCUT2D eigenvalue weighted by atomic mass is 9.52. The average Bonchev–Trinajstić information content (AvgIpc) is 3.61. The number of carbonyl (C=O) groups is 4. The summed E-state index contributed by atoms with van der Waals surface area (Å²) in [6, 6.07) is 22.8. The van der Waals surface area contributed by atoms with Gasteiger partial charge in [-0.3, -0.25) is 24.0 Å². The number of fused-ring (bicyclic) bond motifs is 7. The van der Waals surface area contributed by atoms with Crippen LogP contribution in [-0.4, -0.2) is 118 Å². The van der Waals surface area contributed by atoms with Gasteiger partial charge in [0.05, 0.1) is 30.9 Å².